The average molecular weight is 255 g/mol. The molecule has 2 heterocycles. The van der Waals surface area contributed by atoms with E-state index in [1.165, 1.54) is 4.90 Å². The number of aromatic nitrogens is 2. The molecule has 2 rings (SSSR count). The van der Waals surface area contributed by atoms with Gasteiger partial charge in [-0.25, -0.2) is 4.79 Å². The fourth-order valence-corrected chi connectivity index (χ4v) is 2.74. The molecule has 1 aliphatic rings. The molecule has 0 aromatic carbocycles. The molecule has 0 radical (unpaired) electrons. The molecule has 1 aromatic heterocycles. The second-order valence-corrected chi connectivity index (χ2v) is 4.65. The lowest BCUT2D eigenvalue weighted by molar-refractivity contribution is -0.148. The van der Waals surface area contributed by atoms with Crippen LogP contribution in [0.4, 0.5) is 0 Å². The third kappa shape index (κ3) is 1.80. The van der Waals surface area contributed by atoms with Gasteiger partial charge < -0.3 is 10.0 Å². The fourth-order valence-electron chi connectivity index (χ4n) is 2.31. The Morgan fingerprint density at radius 3 is 2.94 bits per heavy atom. The molecule has 1 N–H and O–H groups in total. The Morgan fingerprint density at radius 2 is 2.41 bits per heavy atom. The predicted molar refractivity (Wildman–Crippen MR) is 60.8 cm³/mol. The van der Waals surface area contributed by atoms with Crippen LogP contribution in [0.15, 0.2) is 5.38 Å². The first-order valence-corrected chi connectivity index (χ1v) is 6.28. The maximum atomic E-state index is 12.2. The predicted octanol–water partition coefficient (Wildman–Crippen LogP) is 1.01. The minimum Gasteiger partial charge on any atom is -0.479 e. The van der Waals surface area contributed by atoms with Crippen molar-refractivity contribution in [1.29, 1.82) is 0 Å². The fraction of sp³-hybridized carbons (Fsp3) is 0.600. The van der Waals surface area contributed by atoms with Crippen LogP contribution < -0.4 is 0 Å². The van der Waals surface area contributed by atoms with E-state index < -0.39 is 11.5 Å². The summed E-state index contributed by atoms with van der Waals surface area (Å²) in [4.78, 5) is 25.0. The van der Waals surface area contributed by atoms with Gasteiger partial charge in [0.1, 0.15) is 5.54 Å². The van der Waals surface area contributed by atoms with E-state index in [9.17, 15) is 14.7 Å². The Balaban J connectivity index is 2.31. The van der Waals surface area contributed by atoms with Crippen molar-refractivity contribution in [3.05, 3.63) is 11.1 Å². The zero-order chi connectivity index (χ0) is 12.5. The van der Waals surface area contributed by atoms with Gasteiger partial charge in [-0.3, -0.25) is 4.79 Å². The van der Waals surface area contributed by atoms with Crippen LogP contribution in [0.25, 0.3) is 0 Å². The Kier molecular flexibility index (Phi) is 3.10. The molecule has 7 heteroatoms. The van der Waals surface area contributed by atoms with Gasteiger partial charge in [-0.2, -0.15) is 0 Å². The molecule has 0 bridgehead atoms. The number of carboxylic acid groups (broad SMARTS) is 1. The van der Waals surface area contributed by atoms with E-state index >= 15 is 0 Å². The highest BCUT2D eigenvalue weighted by atomic mass is 32.1. The molecule has 0 aliphatic carbocycles. The number of hydrogen-bond acceptors (Lipinski definition) is 5. The maximum absolute atomic E-state index is 12.2. The van der Waals surface area contributed by atoms with Crippen LogP contribution in [-0.2, 0) is 4.79 Å². The summed E-state index contributed by atoms with van der Waals surface area (Å²) >= 11 is 1.09. The number of hydrogen-bond donors (Lipinski definition) is 1. The molecule has 1 saturated heterocycles. The standard InChI is InChI=1S/C10H13N3O3S/c1-2-10(9(15)16)4-3-5-13(10)8(14)7-6-17-12-11-7/h6H,2-5H2,1H3,(H,15,16). The van der Waals surface area contributed by atoms with E-state index in [2.05, 4.69) is 9.59 Å². The molecule has 6 nitrogen and oxygen atoms in total. The SMILES string of the molecule is CCC1(C(=O)O)CCCN1C(=O)c1csnn1. The summed E-state index contributed by atoms with van der Waals surface area (Å²) in [6.07, 6.45) is 1.62. The van der Waals surface area contributed by atoms with Crippen molar-refractivity contribution in [2.24, 2.45) is 0 Å². The van der Waals surface area contributed by atoms with Gasteiger partial charge in [0.05, 0.1) is 0 Å². The summed E-state index contributed by atoms with van der Waals surface area (Å²) < 4.78 is 3.63. The quantitative estimate of drug-likeness (QED) is 0.871. The maximum Gasteiger partial charge on any atom is 0.329 e. The Hall–Kier alpha value is -1.50. The van der Waals surface area contributed by atoms with Crippen LogP contribution in [0.1, 0.15) is 36.7 Å². The third-order valence-corrected chi connectivity index (χ3v) is 3.80. The molecule has 1 aliphatic heterocycles. The van der Waals surface area contributed by atoms with Crippen molar-refractivity contribution in [1.82, 2.24) is 14.5 Å². The Bertz CT molecular complexity index is 434. The van der Waals surface area contributed by atoms with Crippen molar-refractivity contribution < 1.29 is 14.7 Å². The third-order valence-electron chi connectivity index (χ3n) is 3.30. The van der Waals surface area contributed by atoms with E-state index in [1.54, 1.807) is 12.3 Å². The van der Waals surface area contributed by atoms with Crippen LogP contribution in [0.5, 0.6) is 0 Å². The Morgan fingerprint density at radius 1 is 1.65 bits per heavy atom. The summed E-state index contributed by atoms with van der Waals surface area (Å²) in [5.41, 5.74) is -0.836. The van der Waals surface area contributed by atoms with Crippen LogP contribution in [0.2, 0.25) is 0 Å². The summed E-state index contributed by atoms with van der Waals surface area (Å²) in [5.74, 6) is -1.27. The topological polar surface area (TPSA) is 83.4 Å². The van der Waals surface area contributed by atoms with Gasteiger partial charge in [0.15, 0.2) is 5.69 Å². The first-order valence-electron chi connectivity index (χ1n) is 5.44. The van der Waals surface area contributed by atoms with Gasteiger partial charge in [0.25, 0.3) is 5.91 Å². The van der Waals surface area contributed by atoms with E-state index in [1.807, 2.05) is 0 Å². The average Bonchev–Trinajstić information content (AvgIpc) is 2.97. The highest BCUT2D eigenvalue weighted by Gasteiger charge is 2.49. The van der Waals surface area contributed by atoms with Crippen LogP contribution in [0.3, 0.4) is 0 Å². The summed E-state index contributed by atoms with van der Waals surface area (Å²) in [7, 11) is 0. The van der Waals surface area contributed by atoms with E-state index in [0.29, 0.717) is 25.8 Å². The zero-order valence-electron chi connectivity index (χ0n) is 9.42. The molecule has 17 heavy (non-hydrogen) atoms. The van der Waals surface area contributed by atoms with Gasteiger partial charge in [0.2, 0.25) is 0 Å². The van der Waals surface area contributed by atoms with E-state index in [4.69, 9.17) is 0 Å². The number of likely N-dealkylation sites (tertiary alicyclic amines) is 1. The molecule has 92 valence electrons. The second kappa shape index (κ2) is 4.40. The van der Waals surface area contributed by atoms with E-state index in [-0.39, 0.29) is 11.6 Å². The molecular formula is C10H13N3O3S. The first kappa shape index (κ1) is 12.0. The first-order chi connectivity index (χ1) is 8.12. The molecule has 1 fully saturated rings. The number of carbonyl (C=O) groups is 2. The lowest BCUT2D eigenvalue weighted by Gasteiger charge is -2.33. The summed E-state index contributed by atoms with van der Waals surface area (Å²) in [5, 5.41) is 14.6. The largest absolute Gasteiger partial charge is 0.479 e. The number of carboxylic acids is 1. The van der Waals surface area contributed by atoms with Crippen molar-refractivity contribution in [3.8, 4) is 0 Å². The van der Waals surface area contributed by atoms with Crippen molar-refractivity contribution in [2.75, 3.05) is 6.54 Å². The van der Waals surface area contributed by atoms with Gasteiger partial charge >= 0.3 is 5.97 Å². The van der Waals surface area contributed by atoms with Crippen LogP contribution in [-0.4, -0.2) is 43.6 Å². The number of aliphatic carboxylic acids is 1. The van der Waals surface area contributed by atoms with Gasteiger partial charge in [-0.05, 0) is 30.8 Å². The minimum atomic E-state index is -1.07. The smallest absolute Gasteiger partial charge is 0.329 e. The van der Waals surface area contributed by atoms with Gasteiger partial charge in [-0.1, -0.05) is 11.4 Å². The molecule has 1 atom stereocenters. The molecular weight excluding hydrogens is 242 g/mol. The highest BCUT2D eigenvalue weighted by Crippen LogP contribution is 2.33. The minimum absolute atomic E-state index is 0.232. The molecule has 1 unspecified atom stereocenters. The molecule has 1 amide bonds. The number of rotatable bonds is 3. The number of nitrogens with zero attached hydrogens (tertiary/aromatic N) is 3. The molecule has 1 aromatic rings. The number of amides is 1. The highest BCUT2D eigenvalue weighted by molar-refractivity contribution is 7.03. The zero-order valence-corrected chi connectivity index (χ0v) is 10.2. The second-order valence-electron chi connectivity index (χ2n) is 4.04. The monoisotopic (exact) mass is 255 g/mol. The van der Waals surface area contributed by atoms with Crippen molar-refractivity contribution in [2.45, 2.75) is 31.7 Å². The normalized spacial score (nSPS) is 23.9. The van der Waals surface area contributed by atoms with Gasteiger partial charge in [0, 0.05) is 11.9 Å². The van der Waals surface area contributed by atoms with Crippen LogP contribution >= 0.6 is 11.5 Å². The summed E-state index contributed by atoms with van der Waals surface area (Å²) in [6, 6.07) is 0. The van der Waals surface area contributed by atoms with Crippen molar-refractivity contribution in [3.63, 3.8) is 0 Å². The lowest BCUT2D eigenvalue weighted by Crippen LogP contribution is -2.52. The molecule has 0 spiro atoms. The number of carbonyl (C=O) groups excluding carboxylic acids is 1. The van der Waals surface area contributed by atoms with Crippen molar-refractivity contribution >= 4 is 23.4 Å². The van der Waals surface area contributed by atoms with Gasteiger partial charge in [-0.15, -0.1) is 5.10 Å². The Labute approximate surface area is 102 Å². The van der Waals surface area contributed by atoms with Crippen LogP contribution in [0, 0.1) is 0 Å². The molecule has 0 saturated carbocycles. The van der Waals surface area contributed by atoms with E-state index in [0.717, 1.165) is 11.5 Å². The lowest BCUT2D eigenvalue weighted by atomic mass is 9.93. The summed E-state index contributed by atoms with van der Waals surface area (Å²) in [6.45, 7) is 2.26.